The Morgan fingerprint density at radius 3 is 2.77 bits per heavy atom. The van der Waals surface area contributed by atoms with Crippen LogP contribution in [-0.2, 0) is 6.54 Å². The minimum atomic E-state index is -0.264. The third-order valence-corrected chi connectivity index (χ3v) is 4.51. The maximum absolute atomic E-state index is 12.0. The van der Waals surface area contributed by atoms with Crippen LogP contribution in [-0.4, -0.2) is 11.0 Å². The van der Waals surface area contributed by atoms with E-state index in [1.165, 1.54) is 0 Å². The van der Waals surface area contributed by atoms with Crippen molar-refractivity contribution in [3.63, 3.8) is 0 Å². The molecule has 0 aromatic carbocycles. The van der Waals surface area contributed by atoms with Crippen LogP contribution in [0.5, 0.6) is 0 Å². The van der Waals surface area contributed by atoms with E-state index in [4.69, 9.17) is 0 Å². The molecule has 0 fully saturated rings. The van der Waals surface area contributed by atoms with Gasteiger partial charge in [-0.3, -0.25) is 4.79 Å². The second kappa shape index (κ2) is 7.26. The molecule has 0 aliphatic rings. The highest BCUT2D eigenvalue weighted by Crippen LogP contribution is 2.21. The van der Waals surface area contributed by atoms with Crippen LogP contribution in [0.25, 0.3) is 0 Å². The average Bonchev–Trinajstić information content (AvgIpc) is 2.97. The quantitative estimate of drug-likeness (QED) is 0.792. The van der Waals surface area contributed by atoms with Gasteiger partial charge in [0, 0.05) is 16.1 Å². The van der Waals surface area contributed by atoms with Gasteiger partial charge in [-0.1, -0.05) is 13.0 Å². The molecule has 5 nitrogen and oxygen atoms in total. The number of carbonyl (C=O) groups excluding carboxylic acids is 1. The molecule has 0 aliphatic heterocycles. The van der Waals surface area contributed by atoms with Gasteiger partial charge in [0.15, 0.2) is 0 Å². The number of aromatic nitrogens is 1. The molecule has 0 spiro atoms. The zero-order valence-electron chi connectivity index (χ0n) is 13.0. The van der Waals surface area contributed by atoms with Crippen molar-refractivity contribution >= 4 is 17.4 Å². The number of thiophene rings is 1. The fraction of sp³-hybridized carbons (Fsp3) is 0.375. The van der Waals surface area contributed by atoms with Crippen molar-refractivity contribution in [3.05, 3.63) is 55.6 Å². The second-order valence-corrected chi connectivity index (χ2v) is 6.23. The molecule has 0 aliphatic carbocycles. The number of urea groups is 1. The van der Waals surface area contributed by atoms with Gasteiger partial charge in [0.2, 0.25) is 0 Å². The standard InChI is InChI=1S/C16H21N3O2S/c1-4-13(14-6-5-7-22-14)19-16(21)17-9-12-10(2)8-11(3)18-15(12)20/h5-8,13H,4,9H2,1-3H3,(H,18,20)(H2,17,19,21)/t13-/m1/s1. The van der Waals surface area contributed by atoms with Gasteiger partial charge in [-0.25, -0.2) is 4.79 Å². The lowest BCUT2D eigenvalue weighted by atomic mass is 10.1. The first-order chi connectivity index (χ1) is 10.5. The molecule has 3 N–H and O–H groups in total. The summed E-state index contributed by atoms with van der Waals surface area (Å²) >= 11 is 1.62. The van der Waals surface area contributed by atoms with Crippen molar-refractivity contribution in [1.29, 1.82) is 0 Å². The minimum absolute atomic E-state index is 0.00241. The summed E-state index contributed by atoms with van der Waals surface area (Å²) in [5.41, 5.74) is 2.14. The molecule has 0 bridgehead atoms. The number of hydrogen-bond acceptors (Lipinski definition) is 3. The van der Waals surface area contributed by atoms with Crippen LogP contribution in [0.2, 0.25) is 0 Å². The molecular weight excluding hydrogens is 298 g/mol. The molecule has 2 aromatic heterocycles. The van der Waals surface area contributed by atoms with Crippen molar-refractivity contribution < 1.29 is 4.79 Å². The monoisotopic (exact) mass is 319 g/mol. The van der Waals surface area contributed by atoms with Crippen LogP contribution in [0, 0.1) is 13.8 Å². The van der Waals surface area contributed by atoms with Gasteiger partial charge in [-0.2, -0.15) is 0 Å². The van der Waals surface area contributed by atoms with Gasteiger partial charge in [-0.15, -0.1) is 11.3 Å². The number of aryl methyl sites for hydroxylation is 2. The maximum Gasteiger partial charge on any atom is 0.315 e. The average molecular weight is 319 g/mol. The number of hydrogen-bond donors (Lipinski definition) is 3. The summed E-state index contributed by atoms with van der Waals surface area (Å²) in [7, 11) is 0. The topological polar surface area (TPSA) is 74.0 Å². The molecule has 2 aromatic rings. The van der Waals surface area contributed by atoms with E-state index < -0.39 is 0 Å². The predicted octanol–water partition coefficient (Wildman–Crippen LogP) is 3.00. The predicted molar refractivity (Wildman–Crippen MR) is 89.3 cm³/mol. The number of H-pyrrole nitrogens is 1. The Morgan fingerprint density at radius 2 is 2.18 bits per heavy atom. The zero-order valence-corrected chi connectivity index (χ0v) is 13.8. The lowest BCUT2D eigenvalue weighted by Crippen LogP contribution is -2.38. The molecular formula is C16H21N3O2S. The first-order valence-corrected chi connectivity index (χ1v) is 8.16. The molecule has 2 rings (SSSR count). The normalized spacial score (nSPS) is 12.0. The van der Waals surface area contributed by atoms with E-state index in [1.54, 1.807) is 11.3 Å². The Balaban J connectivity index is 1.97. The van der Waals surface area contributed by atoms with Crippen molar-refractivity contribution in [2.45, 2.75) is 39.8 Å². The summed E-state index contributed by atoms with van der Waals surface area (Å²) in [6.07, 6.45) is 0.818. The van der Waals surface area contributed by atoms with E-state index in [2.05, 4.69) is 15.6 Å². The van der Waals surface area contributed by atoms with Crippen molar-refractivity contribution in [2.24, 2.45) is 0 Å². The second-order valence-electron chi connectivity index (χ2n) is 5.25. The van der Waals surface area contributed by atoms with E-state index in [-0.39, 0.29) is 24.2 Å². The Labute approximate surface area is 133 Å². The summed E-state index contributed by atoms with van der Waals surface area (Å²) in [4.78, 5) is 27.8. The lowest BCUT2D eigenvalue weighted by Gasteiger charge is -2.16. The number of rotatable bonds is 5. The summed E-state index contributed by atoms with van der Waals surface area (Å²) in [5, 5.41) is 7.69. The first-order valence-electron chi connectivity index (χ1n) is 7.28. The highest BCUT2D eigenvalue weighted by molar-refractivity contribution is 7.10. The zero-order chi connectivity index (χ0) is 16.1. The molecule has 0 saturated heterocycles. The van der Waals surface area contributed by atoms with E-state index in [1.807, 2.05) is 44.4 Å². The van der Waals surface area contributed by atoms with Crippen LogP contribution in [0.15, 0.2) is 28.4 Å². The van der Waals surface area contributed by atoms with Crippen LogP contribution < -0.4 is 16.2 Å². The molecule has 2 amide bonds. The van der Waals surface area contributed by atoms with Gasteiger partial charge >= 0.3 is 6.03 Å². The Morgan fingerprint density at radius 1 is 1.41 bits per heavy atom. The SMILES string of the molecule is CC[C@@H](NC(=O)NCc1c(C)cc(C)[nH]c1=O)c1cccs1. The summed E-state index contributed by atoms with van der Waals surface area (Å²) < 4.78 is 0. The Hall–Kier alpha value is -2.08. The molecule has 118 valence electrons. The smallest absolute Gasteiger partial charge is 0.315 e. The Bertz CT molecular complexity index is 692. The molecule has 0 saturated carbocycles. The van der Waals surface area contributed by atoms with Gasteiger partial charge in [-0.05, 0) is 43.3 Å². The van der Waals surface area contributed by atoms with Crippen molar-refractivity contribution in [1.82, 2.24) is 15.6 Å². The van der Waals surface area contributed by atoms with E-state index in [0.717, 1.165) is 22.6 Å². The van der Waals surface area contributed by atoms with Gasteiger partial charge in [0.25, 0.3) is 5.56 Å². The number of amides is 2. The Kier molecular flexibility index (Phi) is 5.38. The van der Waals surface area contributed by atoms with E-state index in [9.17, 15) is 9.59 Å². The third-order valence-electron chi connectivity index (χ3n) is 3.52. The molecule has 22 heavy (non-hydrogen) atoms. The molecule has 6 heteroatoms. The number of carbonyl (C=O) groups is 1. The molecule has 0 unspecified atom stereocenters. The van der Waals surface area contributed by atoms with Crippen molar-refractivity contribution in [3.8, 4) is 0 Å². The van der Waals surface area contributed by atoms with Crippen LogP contribution >= 0.6 is 11.3 Å². The fourth-order valence-electron chi connectivity index (χ4n) is 2.34. The third kappa shape index (κ3) is 3.98. The van der Waals surface area contributed by atoms with E-state index in [0.29, 0.717) is 5.56 Å². The number of nitrogens with one attached hydrogen (secondary N) is 3. The molecule has 2 heterocycles. The lowest BCUT2D eigenvalue weighted by molar-refractivity contribution is 0.236. The first kappa shape index (κ1) is 16.3. The van der Waals surface area contributed by atoms with Gasteiger partial charge in [0.1, 0.15) is 0 Å². The summed E-state index contributed by atoms with van der Waals surface area (Å²) in [6.45, 7) is 5.95. The maximum atomic E-state index is 12.0. The molecule has 1 atom stereocenters. The highest BCUT2D eigenvalue weighted by atomic mass is 32.1. The van der Waals surface area contributed by atoms with Gasteiger partial charge in [0.05, 0.1) is 12.6 Å². The largest absolute Gasteiger partial charge is 0.334 e. The van der Waals surface area contributed by atoms with Crippen molar-refractivity contribution in [2.75, 3.05) is 0 Å². The minimum Gasteiger partial charge on any atom is -0.334 e. The van der Waals surface area contributed by atoms with E-state index >= 15 is 0 Å². The van der Waals surface area contributed by atoms with Crippen LogP contribution in [0.1, 0.15) is 41.1 Å². The number of pyridine rings is 1. The van der Waals surface area contributed by atoms with Gasteiger partial charge < -0.3 is 15.6 Å². The summed E-state index contributed by atoms with van der Waals surface area (Å²) in [5.74, 6) is 0. The van der Waals surface area contributed by atoms with Crippen LogP contribution in [0.4, 0.5) is 4.79 Å². The van der Waals surface area contributed by atoms with Crippen LogP contribution in [0.3, 0.4) is 0 Å². The molecule has 0 radical (unpaired) electrons. The highest BCUT2D eigenvalue weighted by Gasteiger charge is 2.14. The number of aromatic amines is 1. The summed E-state index contributed by atoms with van der Waals surface area (Å²) in [6, 6.07) is 5.61. The fourth-order valence-corrected chi connectivity index (χ4v) is 3.20.